The van der Waals surface area contributed by atoms with Crippen molar-refractivity contribution in [3.8, 4) is 5.75 Å². The number of esters is 1. The van der Waals surface area contributed by atoms with Crippen molar-refractivity contribution in [2.45, 2.75) is 32.8 Å². The zero-order chi connectivity index (χ0) is 24.2. The molecule has 3 amide bonds. The van der Waals surface area contributed by atoms with Crippen LogP contribution in [0.2, 0.25) is 0 Å². The molecule has 8 nitrogen and oxygen atoms in total. The molecule has 0 spiro atoms. The SMILES string of the molecule is CCNC(=O)NC(=O)C(C)OC(=O)c1c2c(nc3ccccc13)/C(=C/c1ccc(O)cc1)CC2. The molecule has 1 aliphatic carbocycles. The van der Waals surface area contributed by atoms with Crippen molar-refractivity contribution in [3.05, 3.63) is 70.9 Å². The molecule has 0 aliphatic heterocycles. The molecule has 0 fully saturated rings. The molecule has 0 saturated carbocycles. The van der Waals surface area contributed by atoms with Gasteiger partial charge in [0.1, 0.15) is 5.75 Å². The lowest BCUT2D eigenvalue weighted by molar-refractivity contribution is -0.127. The van der Waals surface area contributed by atoms with Crippen LogP contribution in [0.1, 0.15) is 47.4 Å². The van der Waals surface area contributed by atoms with Crippen LogP contribution in [-0.2, 0) is 16.0 Å². The molecular formula is C26H25N3O5. The minimum absolute atomic E-state index is 0.188. The zero-order valence-corrected chi connectivity index (χ0v) is 18.9. The summed E-state index contributed by atoms with van der Waals surface area (Å²) >= 11 is 0. The summed E-state index contributed by atoms with van der Waals surface area (Å²) in [6, 6.07) is 13.5. The number of amides is 3. The first-order valence-corrected chi connectivity index (χ1v) is 11.1. The Morgan fingerprint density at radius 3 is 2.59 bits per heavy atom. The van der Waals surface area contributed by atoms with Gasteiger partial charge in [-0.3, -0.25) is 10.1 Å². The van der Waals surface area contributed by atoms with Crippen LogP contribution in [-0.4, -0.2) is 40.6 Å². The Labute approximate surface area is 196 Å². The molecule has 1 aliphatic rings. The van der Waals surface area contributed by atoms with E-state index in [1.54, 1.807) is 25.1 Å². The molecule has 34 heavy (non-hydrogen) atoms. The van der Waals surface area contributed by atoms with E-state index in [9.17, 15) is 19.5 Å². The third-order valence-electron chi connectivity index (χ3n) is 5.61. The molecule has 0 radical (unpaired) electrons. The number of aromatic nitrogens is 1. The van der Waals surface area contributed by atoms with Crippen LogP contribution in [0.5, 0.6) is 5.75 Å². The first kappa shape index (κ1) is 23.0. The largest absolute Gasteiger partial charge is 0.508 e. The van der Waals surface area contributed by atoms with Crippen molar-refractivity contribution in [2.75, 3.05) is 6.54 Å². The van der Waals surface area contributed by atoms with Crippen LogP contribution in [0.4, 0.5) is 4.79 Å². The lowest BCUT2D eigenvalue weighted by Gasteiger charge is -2.16. The highest BCUT2D eigenvalue weighted by atomic mass is 16.5. The van der Waals surface area contributed by atoms with Crippen LogP contribution >= 0.6 is 0 Å². The Balaban J connectivity index is 1.68. The second-order valence-corrected chi connectivity index (χ2v) is 7.99. The maximum atomic E-state index is 13.3. The Morgan fingerprint density at radius 2 is 1.85 bits per heavy atom. The molecule has 2 aromatic carbocycles. The molecule has 1 heterocycles. The van der Waals surface area contributed by atoms with E-state index in [4.69, 9.17) is 9.72 Å². The summed E-state index contributed by atoms with van der Waals surface area (Å²) in [6.45, 7) is 3.52. The van der Waals surface area contributed by atoms with E-state index >= 15 is 0 Å². The Hall–Kier alpha value is -4.20. The molecule has 1 atom stereocenters. The quantitative estimate of drug-likeness (QED) is 0.500. The number of fused-ring (bicyclic) bond motifs is 2. The maximum absolute atomic E-state index is 13.3. The molecule has 4 rings (SSSR count). The predicted octanol–water partition coefficient (Wildman–Crippen LogP) is 3.82. The van der Waals surface area contributed by atoms with Gasteiger partial charge in [-0.15, -0.1) is 0 Å². The van der Waals surface area contributed by atoms with Gasteiger partial charge in [0.25, 0.3) is 5.91 Å². The summed E-state index contributed by atoms with van der Waals surface area (Å²) in [5.74, 6) is -1.16. The molecular weight excluding hydrogens is 434 g/mol. The predicted molar refractivity (Wildman–Crippen MR) is 128 cm³/mol. The molecule has 1 unspecified atom stereocenters. The topological polar surface area (TPSA) is 118 Å². The average Bonchev–Trinajstić information content (AvgIpc) is 3.20. The van der Waals surface area contributed by atoms with Crippen LogP contribution in [0.25, 0.3) is 22.6 Å². The van der Waals surface area contributed by atoms with Gasteiger partial charge in [-0.1, -0.05) is 30.3 Å². The summed E-state index contributed by atoms with van der Waals surface area (Å²) in [5.41, 5.74) is 4.40. The highest BCUT2D eigenvalue weighted by Crippen LogP contribution is 2.38. The number of carbonyl (C=O) groups excluding carboxylic acids is 3. The standard InChI is InChI=1S/C26H25N3O5/c1-3-27-26(33)29-24(31)15(2)34-25(32)22-19-6-4-5-7-21(19)28-23-17(10-13-20(22)23)14-16-8-11-18(30)12-9-16/h4-9,11-12,14-15,30H,3,10,13H2,1-2H3,(H2,27,29,31,33)/b17-14+. The third-order valence-corrected chi connectivity index (χ3v) is 5.61. The number of nitrogens with one attached hydrogen (secondary N) is 2. The van der Waals surface area contributed by atoms with E-state index in [0.29, 0.717) is 35.9 Å². The van der Waals surface area contributed by atoms with E-state index in [2.05, 4.69) is 10.6 Å². The van der Waals surface area contributed by atoms with E-state index in [1.807, 2.05) is 36.4 Å². The van der Waals surface area contributed by atoms with Crippen molar-refractivity contribution >= 4 is 40.5 Å². The molecule has 3 N–H and O–H groups in total. The molecule has 0 saturated heterocycles. The number of allylic oxidation sites excluding steroid dienone is 1. The fourth-order valence-corrected chi connectivity index (χ4v) is 3.98. The summed E-state index contributed by atoms with van der Waals surface area (Å²) in [4.78, 5) is 42.0. The van der Waals surface area contributed by atoms with Gasteiger partial charge in [-0.2, -0.15) is 0 Å². The van der Waals surface area contributed by atoms with Gasteiger partial charge in [-0.25, -0.2) is 14.6 Å². The number of phenols is 1. The number of hydrogen-bond acceptors (Lipinski definition) is 6. The molecule has 8 heteroatoms. The first-order chi connectivity index (χ1) is 16.4. The summed E-state index contributed by atoms with van der Waals surface area (Å²) < 4.78 is 5.47. The average molecular weight is 460 g/mol. The highest BCUT2D eigenvalue weighted by Gasteiger charge is 2.29. The number of phenolic OH excluding ortho intramolecular Hbond substituents is 1. The lowest BCUT2D eigenvalue weighted by atomic mass is 10.0. The maximum Gasteiger partial charge on any atom is 0.339 e. The third kappa shape index (κ3) is 4.76. The van der Waals surface area contributed by atoms with Gasteiger partial charge >= 0.3 is 12.0 Å². The van der Waals surface area contributed by atoms with Crippen molar-refractivity contribution in [3.63, 3.8) is 0 Å². The van der Waals surface area contributed by atoms with E-state index < -0.39 is 24.0 Å². The Morgan fingerprint density at radius 1 is 1.12 bits per heavy atom. The number of hydrogen-bond donors (Lipinski definition) is 3. The van der Waals surface area contributed by atoms with Gasteiger partial charge in [0, 0.05) is 11.9 Å². The smallest absolute Gasteiger partial charge is 0.339 e. The van der Waals surface area contributed by atoms with Gasteiger partial charge in [0.2, 0.25) is 0 Å². The van der Waals surface area contributed by atoms with Crippen molar-refractivity contribution in [1.29, 1.82) is 0 Å². The van der Waals surface area contributed by atoms with E-state index in [-0.39, 0.29) is 5.75 Å². The minimum Gasteiger partial charge on any atom is -0.508 e. The number of rotatable bonds is 5. The molecule has 1 aromatic heterocycles. The molecule has 3 aromatic rings. The zero-order valence-electron chi connectivity index (χ0n) is 18.9. The van der Waals surface area contributed by atoms with Crippen LogP contribution in [0.15, 0.2) is 48.5 Å². The van der Waals surface area contributed by atoms with Gasteiger partial charge in [0.15, 0.2) is 6.10 Å². The minimum atomic E-state index is -1.16. The Bertz CT molecular complexity index is 1300. The number of carbonyl (C=O) groups is 3. The molecule has 174 valence electrons. The van der Waals surface area contributed by atoms with Crippen LogP contribution in [0.3, 0.4) is 0 Å². The van der Waals surface area contributed by atoms with E-state index in [0.717, 1.165) is 22.4 Å². The lowest BCUT2D eigenvalue weighted by Crippen LogP contribution is -2.44. The fourth-order valence-electron chi connectivity index (χ4n) is 3.98. The van der Waals surface area contributed by atoms with Crippen molar-refractivity contribution < 1.29 is 24.2 Å². The van der Waals surface area contributed by atoms with Gasteiger partial charge in [-0.05, 0) is 67.7 Å². The normalized spacial score (nSPS) is 14.5. The number of urea groups is 1. The van der Waals surface area contributed by atoms with E-state index in [1.165, 1.54) is 6.92 Å². The number of nitrogens with zero attached hydrogens (tertiary/aromatic N) is 1. The number of imide groups is 1. The van der Waals surface area contributed by atoms with Gasteiger partial charge in [0.05, 0.1) is 16.8 Å². The van der Waals surface area contributed by atoms with Gasteiger partial charge < -0.3 is 15.2 Å². The summed E-state index contributed by atoms with van der Waals surface area (Å²) in [7, 11) is 0. The number of benzene rings is 2. The monoisotopic (exact) mass is 459 g/mol. The summed E-state index contributed by atoms with van der Waals surface area (Å²) in [5, 5.41) is 14.8. The van der Waals surface area contributed by atoms with Crippen LogP contribution < -0.4 is 10.6 Å². The number of ether oxygens (including phenoxy) is 1. The number of pyridine rings is 1. The van der Waals surface area contributed by atoms with Crippen molar-refractivity contribution in [1.82, 2.24) is 15.6 Å². The van der Waals surface area contributed by atoms with Crippen molar-refractivity contribution in [2.24, 2.45) is 0 Å². The second kappa shape index (κ2) is 9.74. The molecule has 0 bridgehead atoms. The fraction of sp³-hybridized carbons (Fsp3) is 0.231. The summed E-state index contributed by atoms with van der Waals surface area (Å²) in [6.07, 6.45) is 2.12. The highest BCUT2D eigenvalue weighted by molar-refractivity contribution is 6.08. The number of aromatic hydroxyl groups is 1. The second-order valence-electron chi connectivity index (χ2n) is 7.99. The first-order valence-electron chi connectivity index (χ1n) is 11.1. The Kier molecular flexibility index (Phi) is 6.58. The van der Waals surface area contributed by atoms with Crippen LogP contribution in [0, 0.1) is 0 Å². The number of para-hydroxylation sites is 1.